The van der Waals surface area contributed by atoms with Gasteiger partial charge in [-0.2, -0.15) is 0 Å². The largest absolute Gasteiger partial charge is 0.300 e. The number of rotatable bonds is 3. The summed E-state index contributed by atoms with van der Waals surface area (Å²) in [6.07, 6.45) is 5.58. The predicted molar refractivity (Wildman–Crippen MR) is 76.2 cm³/mol. The van der Waals surface area contributed by atoms with Gasteiger partial charge in [0.05, 0.1) is 0 Å². The van der Waals surface area contributed by atoms with Crippen LogP contribution in [0.3, 0.4) is 0 Å². The monoisotopic (exact) mass is 264 g/mol. The van der Waals surface area contributed by atoms with Crippen LogP contribution in [0.1, 0.15) is 56.6 Å². The quantitative estimate of drug-likeness (QED) is 0.769. The fraction of sp³-hybridized carbons (Fsp3) is 0.562. The van der Waals surface area contributed by atoms with Crippen molar-refractivity contribution in [1.82, 2.24) is 0 Å². The van der Waals surface area contributed by atoms with Gasteiger partial charge in [0.1, 0.15) is 5.78 Å². The maximum Gasteiger partial charge on any atom is 0.134 e. The van der Waals surface area contributed by atoms with Crippen molar-refractivity contribution in [3.63, 3.8) is 0 Å². The first kappa shape index (κ1) is 13.6. The van der Waals surface area contributed by atoms with E-state index in [2.05, 4.69) is 19.1 Å². The number of benzene rings is 1. The summed E-state index contributed by atoms with van der Waals surface area (Å²) in [4.78, 5) is 11.1. The molecule has 0 aliphatic heterocycles. The third kappa shape index (κ3) is 3.35. The minimum Gasteiger partial charge on any atom is -0.300 e. The van der Waals surface area contributed by atoms with E-state index < -0.39 is 0 Å². The molecule has 0 aromatic heterocycles. The van der Waals surface area contributed by atoms with Gasteiger partial charge in [-0.05, 0) is 48.8 Å². The lowest BCUT2D eigenvalue weighted by molar-refractivity contribution is -0.116. The average Bonchev–Trinajstić information content (AvgIpc) is 2.30. The number of halogens is 1. The van der Waals surface area contributed by atoms with Crippen LogP contribution in [-0.2, 0) is 11.2 Å². The standard InChI is InChI=1S/C16H21ClO/c1-11-3-6-14(7-4-11)15-8-5-13(9-12(2)18)10-16(15)17/h5,8,10-11,14H,3-4,6-7,9H2,1-2H3. The van der Waals surface area contributed by atoms with E-state index in [1.54, 1.807) is 6.92 Å². The van der Waals surface area contributed by atoms with Crippen molar-refractivity contribution in [2.75, 3.05) is 0 Å². The van der Waals surface area contributed by atoms with Crippen LogP contribution in [-0.4, -0.2) is 5.78 Å². The number of Topliss-reactive ketones (excluding diaryl/α,β-unsaturated/α-hetero) is 1. The molecular formula is C16H21ClO. The minimum atomic E-state index is 0.185. The number of carbonyl (C=O) groups excluding carboxylic acids is 1. The number of carbonyl (C=O) groups is 1. The molecule has 2 rings (SSSR count). The zero-order chi connectivity index (χ0) is 13.1. The first-order chi connectivity index (χ1) is 8.56. The Morgan fingerprint density at radius 1 is 1.28 bits per heavy atom. The van der Waals surface area contributed by atoms with E-state index in [4.69, 9.17) is 11.6 Å². The Kier molecular flexibility index (Phi) is 4.45. The molecule has 0 atom stereocenters. The second-order valence-corrected chi connectivity index (χ2v) is 6.10. The van der Waals surface area contributed by atoms with Crippen LogP contribution >= 0.6 is 11.6 Å². The molecule has 0 unspecified atom stereocenters. The van der Waals surface area contributed by atoms with Crippen molar-refractivity contribution in [1.29, 1.82) is 0 Å². The summed E-state index contributed by atoms with van der Waals surface area (Å²) < 4.78 is 0. The maximum atomic E-state index is 11.1. The molecule has 1 aromatic rings. The smallest absolute Gasteiger partial charge is 0.134 e. The highest BCUT2D eigenvalue weighted by molar-refractivity contribution is 6.31. The normalized spacial score (nSPS) is 23.9. The molecule has 0 spiro atoms. The molecule has 1 fully saturated rings. The molecule has 0 bridgehead atoms. The number of hydrogen-bond acceptors (Lipinski definition) is 1. The Balaban J connectivity index is 2.12. The molecule has 2 heteroatoms. The number of ketones is 1. The van der Waals surface area contributed by atoms with E-state index >= 15 is 0 Å². The third-order valence-corrected chi connectivity index (χ3v) is 4.30. The van der Waals surface area contributed by atoms with Gasteiger partial charge in [0.2, 0.25) is 0 Å². The lowest BCUT2D eigenvalue weighted by Crippen LogP contribution is -2.11. The highest BCUT2D eigenvalue weighted by atomic mass is 35.5. The topological polar surface area (TPSA) is 17.1 Å². The first-order valence-electron chi connectivity index (χ1n) is 6.84. The van der Waals surface area contributed by atoms with Gasteiger partial charge in [-0.1, -0.05) is 43.5 Å². The van der Waals surface area contributed by atoms with Crippen molar-refractivity contribution < 1.29 is 4.79 Å². The van der Waals surface area contributed by atoms with E-state index in [0.717, 1.165) is 16.5 Å². The molecule has 1 aliphatic carbocycles. The summed E-state index contributed by atoms with van der Waals surface area (Å²) in [6.45, 7) is 3.94. The van der Waals surface area contributed by atoms with Crippen molar-refractivity contribution >= 4 is 17.4 Å². The number of hydrogen-bond donors (Lipinski definition) is 0. The van der Waals surface area contributed by atoms with Gasteiger partial charge in [0.25, 0.3) is 0 Å². The first-order valence-corrected chi connectivity index (χ1v) is 7.22. The average molecular weight is 265 g/mol. The van der Waals surface area contributed by atoms with Crippen molar-refractivity contribution in [3.05, 3.63) is 34.3 Å². The second-order valence-electron chi connectivity index (χ2n) is 5.69. The Hall–Kier alpha value is -0.820. The predicted octanol–water partition coefficient (Wildman–Crippen LogP) is 4.77. The Morgan fingerprint density at radius 3 is 2.50 bits per heavy atom. The van der Waals surface area contributed by atoms with Crippen LogP contribution in [0.15, 0.2) is 18.2 Å². The molecule has 98 valence electrons. The zero-order valence-corrected chi connectivity index (χ0v) is 12.0. The van der Waals surface area contributed by atoms with E-state index in [0.29, 0.717) is 12.3 Å². The Morgan fingerprint density at radius 2 is 1.94 bits per heavy atom. The van der Waals surface area contributed by atoms with Crippen LogP contribution < -0.4 is 0 Å². The van der Waals surface area contributed by atoms with E-state index in [1.165, 1.54) is 31.2 Å². The van der Waals surface area contributed by atoms with Crippen LogP contribution in [0, 0.1) is 5.92 Å². The van der Waals surface area contributed by atoms with E-state index in [9.17, 15) is 4.79 Å². The van der Waals surface area contributed by atoms with Gasteiger partial charge >= 0.3 is 0 Å². The molecule has 0 N–H and O–H groups in total. The SMILES string of the molecule is CC(=O)Cc1ccc(C2CCC(C)CC2)c(Cl)c1. The fourth-order valence-electron chi connectivity index (χ4n) is 2.87. The highest BCUT2D eigenvalue weighted by Gasteiger charge is 2.21. The van der Waals surface area contributed by atoms with Crippen molar-refractivity contribution in [2.45, 2.75) is 51.9 Å². The summed E-state index contributed by atoms with van der Waals surface area (Å²) in [7, 11) is 0. The minimum absolute atomic E-state index is 0.185. The lowest BCUT2D eigenvalue weighted by atomic mass is 9.79. The van der Waals surface area contributed by atoms with Crippen LogP contribution in [0.5, 0.6) is 0 Å². The molecule has 0 heterocycles. The van der Waals surface area contributed by atoms with E-state index in [-0.39, 0.29) is 5.78 Å². The molecule has 1 nitrogen and oxygen atoms in total. The maximum absolute atomic E-state index is 11.1. The van der Waals surface area contributed by atoms with Crippen LogP contribution in [0.25, 0.3) is 0 Å². The molecule has 0 radical (unpaired) electrons. The Bertz CT molecular complexity index is 431. The van der Waals surface area contributed by atoms with Crippen molar-refractivity contribution in [2.24, 2.45) is 5.92 Å². The molecule has 1 aliphatic rings. The molecule has 1 saturated carbocycles. The van der Waals surface area contributed by atoms with Gasteiger partial charge in [0, 0.05) is 11.4 Å². The Labute approximate surface area is 115 Å². The van der Waals surface area contributed by atoms with E-state index in [1.807, 2.05) is 6.07 Å². The van der Waals surface area contributed by atoms with Gasteiger partial charge in [-0.15, -0.1) is 0 Å². The third-order valence-electron chi connectivity index (χ3n) is 3.97. The fourth-order valence-corrected chi connectivity index (χ4v) is 3.23. The van der Waals surface area contributed by atoms with Crippen LogP contribution in [0.4, 0.5) is 0 Å². The van der Waals surface area contributed by atoms with Gasteiger partial charge in [-0.3, -0.25) is 4.79 Å². The van der Waals surface area contributed by atoms with Gasteiger partial charge < -0.3 is 0 Å². The van der Waals surface area contributed by atoms with Crippen LogP contribution in [0.2, 0.25) is 5.02 Å². The van der Waals surface area contributed by atoms with Gasteiger partial charge in [-0.25, -0.2) is 0 Å². The van der Waals surface area contributed by atoms with Crippen molar-refractivity contribution in [3.8, 4) is 0 Å². The highest BCUT2D eigenvalue weighted by Crippen LogP contribution is 2.38. The summed E-state index contributed by atoms with van der Waals surface area (Å²) in [5.74, 6) is 1.65. The summed E-state index contributed by atoms with van der Waals surface area (Å²) in [5.41, 5.74) is 2.30. The molecule has 0 amide bonds. The molecule has 1 aromatic carbocycles. The molecule has 18 heavy (non-hydrogen) atoms. The second kappa shape index (κ2) is 5.88. The lowest BCUT2D eigenvalue weighted by Gasteiger charge is -2.27. The summed E-state index contributed by atoms with van der Waals surface area (Å²) in [6, 6.07) is 6.15. The zero-order valence-electron chi connectivity index (χ0n) is 11.2. The molecule has 0 saturated heterocycles. The molecular weight excluding hydrogens is 244 g/mol. The summed E-state index contributed by atoms with van der Waals surface area (Å²) in [5, 5.41) is 0.841. The summed E-state index contributed by atoms with van der Waals surface area (Å²) >= 11 is 6.37. The van der Waals surface area contributed by atoms with Gasteiger partial charge in [0.15, 0.2) is 0 Å².